The normalized spacial score (nSPS) is 26.2. The van der Waals surface area contributed by atoms with Gasteiger partial charge in [-0.15, -0.1) is 0 Å². The maximum atomic E-state index is 14.5. The van der Waals surface area contributed by atoms with Crippen molar-refractivity contribution in [2.75, 3.05) is 43.2 Å². The number of benzene rings is 1. The van der Waals surface area contributed by atoms with E-state index < -0.39 is 5.97 Å². The van der Waals surface area contributed by atoms with Gasteiger partial charge in [0, 0.05) is 57.1 Å². The number of hydrogen-bond donors (Lipinski definition) is 1. The van der Waals surface area contributed by atoms with Crippen LogP contribution in [0.3, 0.4) is 0 Å². The highest BCUT2D eigenvalue weighted by molar-refractivity contribution is 5.68. The van der Waals surface area contributed by atoms with Crippen LogP contribution in [0.2, 0.25) is 0 Å². The van der Waals surface area contributed by atoms with Crippen molar-refractivity contribution in [1.29, 1.82) is 0 Å². The number of rotatable bonds is 9. The van der Waals surface area contributed by atoms with Crippen molar-refractivity contribution in [2.45, 2.75) is 51.9 Å². The average molecular weight is 503 g/mol. The van der Waals surface area contributed by atoms with Gasteiger partial charge in [0.2, 0.25) is 5.88 Å². The number of aliphatic carboxylic acids is 1. The number of anilines is 2. The zero-order valence-corrected chi connectivity index (χ0v) is 21.3. The minimum Gasteiger partial charge on any atom is -0.494 e. The van der Waals surface area contributed by atoms with Crippen LogP contribution in [0.5, 0.6) is 11.6 Å². The number of hydrogen-bond acceptors (Lipinski definition) is 8. The third-order valence-electron chi connectivity index (χ3n) is 7.23. The molecule has 2 aliphatic heterocycles. The first-order chi connectivity index (χ1) is 17.3. The summed E-state index contributed by atoms with van der Waals surface area (Å²) in [6.07, 6.45) is 3.78. The molecule has 5 unspecified atom stereocenters. The molecule has 9 nitrogen and oxygen atoms in total. The summed E-state index contributed by atoms with van der Waals surface area (Å²) in [6, 6.07) is 4.62. The summed E-state index contributed by atoms with van der Waals surface area (Å²) in [7, 11) is 1.64. The summed E-state index contributed by atoms with van der Waals surface area (Å²) in [4.78, 5) is 24.4. The van der Waals surface area contributed by atoms with Gasteiger partial charge in [0.25, 0.3) is 0 Å². The Labute approximate surface area is 211 Å². The molecule has 2 saturated heterocycles. The molecule has 1 aromatic carbocycles. The Balaban J connectivity index is 1.39. The number of aromatic nitrogens is 2. The average Bonchev–Trinajstić information content (AvgIpc) is 3.17. The fourth-order valence-corrected chi connectivity index (χ4v) is 5.24. The molecule has 0 saturated carbocycles. The van der Waals surface area contributed by atoms with Crippen LogP contribution in [0.1, 0.15) is 33.6 Å². The van der Waals surface area contributed by atoms with Gasteiger partial charge in [-0.3, -0.25) is 4.79 Å². The van der Waals surface area contributed by atoms with Crippen molar-refractivity contribution >= 4 is 17.5 Å². The van der Waals surface area contributed by atoms with Gasteiger partial charge in [0.15, 0.2) is 0 Å². The van der Waals surface area contributed by atoms with E-state index in [-0.39, 0.29) is 42.3 Å². The Kier molecular flexibility index (Phi) is 8.13. The number of nitrogens with zero attached hydrogens (tertiary/aromatic N) is 4. The zero-order chi connectivity index (χ0) is 25.8. The molecule has 0 aliphatic carbocycles. The molecular weight excluding hydrogens is 467 g/mol. The van der Waals surface area contributed by atoms with E-state index in [1.54, 1.807) is 31.6 Å². The molecule has 196 valence electrons. The van der Waals surface area contributed by atoms with Gasteiger partial charge in [-0.25, -0.2) is 14.4 Å². The fraction of sp³-hybridized carbons (Fsp3) is 0.577. The lowest BCUT2D eigenvalue weighted by Crippen LogP contribution is -2.44. The van der Waals surface area contributed by atoms with Crippen molar-refractivity contribution in [3.05, 3.63) is 36.4 Å². The topological polar surface area (TPSA) is 97.2 Å². The lowest BCUT2D eigenvalue weighted by atomic mass is 9.96. The smallest absolute Gasteiger partial charge is 0.305 e. The van der Waals surface area contributed by atoms with Crippen LogP contribution < -0.4 is 19.3 Å². The van der Waals surface area contributed by atoms with Crippen LogP contribution in [0.4, 0.5) is 15.9 Å². The van der Waals surface area contributed by atoms with Gasteiger partial charge < -0.3 is 29.1 Å². The summed E-state index contributed by atoms with van der Waals surface area (Å²) in [5.41, 5.74) is 0.542. The summed E-state index contributed by atoms with van der Waals surface area (Å²) < 4.78 is 31.8. The number of carbonyl (C=O) groups is 1. The van der Waals surface area contributed by atoms with Crippen molar-refractivity contribution in [3.63, 3.8) is 0 Å². The quantitative estimate of drug-likeness (QED) is 0.551. The second kappa shape index (κ2) is 11.3. The Hall–Kier alpha value is -3.14. The molecule has 2 aromatic rings. The highest BCUT2D eigenvalue weighted by Gasteiger charge is 2.41. The second-order valence-corrected chi connectivity index (χ2v) is 9.58. The van der Waals surface area contributed by atoms with Crippen molar-refractivity contribution < 1.29 is 28.5 Å². The molecule has 2 fully saturated rings. The minimum absolute atomic E-state index is 0.00508. The number of piperidine rings is 1. The maximum Gasteiger partial charge on any atom is 0.305 e. The number of ether oxygens (including phenoxy) is 3. The maximum absolute atomic E-state index is 14.5. The third kappa shape index (κ3) is 5.64. The third-order valence-corrected chi connectivity index (χ3v) is 7.23. The van der Waals surface area contributed by atoms with Gasteiger partial charge in [-0.05, 0) is 19.1 Å². The molecular formula is C26H35FN4O5. The highest BCUT2D eigenvalue weighted by atomic mass is 19.1. The van der Waals surface area contributed by atoms with E-state index in [0.717, 1.165) is 0 Å². The monoisotopic (exact) mass is 502 g/mol. The van der Waals surface area contributed by atoms with Crippen LogP contribution >= 0.6 is 0 Å². The molecule has 2 aliphatic rings. The lowest BCUT2D eigenvalue weighted by molar-refractivity contribution is -0.137. The molecule has 0 bridgehead atoms. The van der Waals surface area contributed by atoms with Crippen LogP contribution in [-0.4, -0.2) is 72.6 Å². The van der Waals surface area contributed by atoms with E-state index in [4.69, 9.17) is 14.2 Å². The van der Waals surface area contributed by atoms with E-state index in [1.807, 2.05) is 23.6 Å². The predicted molar refractivity (Wildman–Crippen MR) is 133 cm³/mol. The summed E-state index contributed by atoms with van der Waals surface area (Å²) in [6.45, 7) is 8.36. The van der Waals surface area contributed by atoms with Crippen LogP contribution in [0.15, 0.2) is 30.6 Å². The van der Waals surface area contributed by atoms with Crippen molar-refractivity contribution in [1.82, 2.24) is 9.97 Å². The molecule has 0 amide bonds. The molecule has 10 heteroatoms. The Bertz CT molecular complexity index is 1040. The Morgan fingerprint density at radius 3 is 2.64 bits per heavy atom. The van der Waals surface area contributed by atoms with E-state index in [9.17, 15) is 14.3 Å². The molecule has 3 heterocycles. The van der Waals surface area contributed by atoms with E-state index in [2.05, 4.69) is 16.9 Å². The number of methoxy groups -OCH3 is 1. The highest BCUT2D eigenvalue weighted by Crippen LogP contribution is 2.33. The van der Waals surface area contributed by atoms with Gasteiger partial charge >= 0.3 is 5.97 Å². The van der Waals surface area contributed by atoms with E-state index in [1.165, 1.54) is 6.07 Å². The SMILES string of the molecule is CCOc1ccc(F)c(N2CCC(Oc3cnc(N4CC(OC)C(C)C4CC(=O)O)cn3)C(C)C2)c1. The molecule has 36 heavy (non-hydrogen) atoms. The predicted octanol–water partition coefficient (Wildman–Crippen LogP) is 3.62. The fourth-order valence-electron chi connectivity index (χ4n) is 5.24. The molecule has 0 spiro atoms. The molecule has 0 radical (unpaired) electrons. The molecule has 1 aromatic heterocycles. The lowest BCUT2D eigenvalue weighted by Gasteiger charge is -2.38. The van der Waals surface area contributed by atoms with E-state index >= 15 is 0 Å². The first-order valence-electron chi connectivity index (χ1n) is 12.5. The van der Waals surface area contributed by atoms with Gasteiger partial charge in [-0.2, -0.15) is 0 Å². The standard InChI is InChI=1S/C26H35FN4O5/c1-5-35-18-6-7-19(27)21(10-18)30-9-8-22(16(2)14-30)36-25-13-28-24(12-29-25)31-15-23(34-4)17(3)20(31)11-26(32)33/h6-7,10,12-13,16-17,20,22-23H,5,8-9,11,14-15H2,1-4H3,(H,32,33). The summed E-state index contributed by atoms with van der Waals surface area (Å²) in [5, 5.41) is 9.36. The first-order valence-corrected chi connectivity index (χ1v) is 12.5. The Morgan fingerprint density at radius 2 is 2.00 bits per heavy atom. The number of carboxylic acid groups (broad SMARTS) is 1. The second-order valence-electron chi connectivity index (χ2n) is 9.58. The summed E-state index contributed by atoms with van der Waals surface area (Å²) >= 11 is 0. The van der Waals surface area contributed by atoms with Crippen LogP contribution in [0, 0.1) is 17.7 Å². The Morgan fingerprint density at radius 1 is 1.19 bits per heavy atom. The zero-order valence-electron chi connectivity index (χ0n) is 21.3. The largest absolute Gasteiger partial charge is 0.494 e. The summed E-state index contributed by atoms with van der Waals surface area (Å²) in [5.74, 6) is 0.744. The first kappa shape index (κ1) is 25.9. The number of carboxylic acids is 1. The van der Waals surface area contributed by atoms with Gasteiger partial charge in [0.05, 0.1) is 37.2 Å². The van der Waals surface area contributed by atoms with Crippen molar-refractivity contribution in [2.24, 2.45) is 11.8 Å². The van der Waals surface area contributed by atoms with Crippen molar-refractivity contribution in [3.8, 4) is 11.6 Å². The van der Waals surface area contributed by atoms with E-state index in [0.29, 0.717) is 55.8 Å². The number of halogens is 1. The van der Waals surface area contributed by atoms with Gasteiger partial charge in [-0.1, -0.05) is 13.8 Å². The molecule has 1 N–H and O–H groups in total. The molecule has 5 atom stereocenters. The van der Waals surface area contributed by atoms with Crippen LogP contribution in [0.25, 0.3) is 0 Å². The van der Waals surface area contributed by atoms with Gasteiger partial charge in [0.1, 0.15) is 23.5 Å². The molecule has 4 rings (SSSR count). The minimum atomic E-state index is -0.855. The van der Waals surface area contributed by atoms with Crippen LogP contribution in [-0.2, 0) is 9.53 Å².